The van der Waals surface area contributed by atoms with Crippen molar-refractivity contribution in [3.63, 3.8) is 0 Å². The van der Waals surface area contributed by atoms with Crippen LogP contribution in [0.15, 0.2) is 41.1 Å². The maximum Gasteiger partial charge on any atom is 0.147 e. The van der Waals surface area contributed by atoms with Gasteiger partial charge in [0.05, 0.1) is 24.0 Å². The summed E-state index contributed by atoms with van der Waals surface area (Å²) in [6.45, 7) is 0.786. The minimum Gasteiger partial charge on any atom is -0.354 e. The predicted molar refractivity (Wildman–Crippen MR) is 77.8 cm³/mol. The lowest BCUT2D eigenvalue weighted by atomic mass is 10.2. The highest BCUT2D eigenvalue weighted by Gasteiger charge is 2.04. The van der Waals surface area contributed by atoms with Gasteiger partial charge in [0.2, 0.25) is 0 Å². The Morgan fingerprint density at radius 1 is 1.28 bits per heavy atom. The van der Waals surface area contributed by atoms with E-state index in [0.29, 0.717) is 5.88 Å². The summed E-state index contributed by atoms with van der Waals surface area (Å²) in [5, 5.41) is 0. The molecule has 1 heterocycles. The minimum atomic E-state index is 0.391. The van der Waals surface area contributed by atoms with Gasteiger partial charge in [-0.15, -0.1) is 11.6 Å². The lowest BCUT2D eigenvalue weighted by Gasteiger charge is -2.18. The molecule has 0 radical (unpaired) electrons. The number of halogens is 2. The largest absolute Gasteiger partial charge is 0.354 e. The van der Waals surface area contributed by atoms with E-state index in [1.807, 2.05) is 24.1 Å². The molecule has 0 aliphatic rings. The number of hydrogen-bond donors (Lipinski definition) is 0. The Morgan fingerprint density at radius 2 is 2.11 bits per heavy atom. The molecule has 0 spiro atoms. The molecule has 0 fully saturated rings. The molecule has 0 aliphatic carbocycles. The molecule has 0 bridgehead atoms. The minimum absolute atomic E-state index is 0.391. The highest BCUT2D eigenvalue weighted by atomic mass is 79.9. The zero-order valence-electron chi connectivity index (χ0n) is 9.98. The van der Waals surface area contributed by atoms with Gasteiger partial charge in [0.15, 0.2) is 0 Å². The topological polar surface area (TPSA) is 29.0 Å². The fourth-order valence-corrected chi connectivity index (χ4v) is 2.19. The first kappa shape index (κ1) is 13.3. The van der Waals surface area contributed by atoms with Crippen molar-refractivity contribution >= 4 is 33.3 Å². The van der Waals surface area contributed by atoms with E-state index in [9.17, 15) is 0 Å². The molecular formula is C13H13BrClN3. The average molecular weight is 327 g/mol. The smallest absolute Gasteiger partial charge is 0.147 e. The molecular weight excluding hydrogens is 314 g/mol. The quantitative estimate of drug-likeness (QED) is 0.804. The van der Waals surface area contributed by atoms with E-state index in [1.54, 1.807) is 12.4 Å². The first-order chi connectivity index (χ1) is 8.69. The van der Waals surface area contributed by atoms with Gasteiger partial charge < -0.3 is 4.90 Å². The lowest BCUT2D eigenvalue weighted by Crippen LogP contribution is -2.18. The van der Waals surface area contributed by atoms with Crippen molar-refractivity contribution in [3.8, 4) is 0 Å². The van der Waals surface area contributed by atoms with E-state index in [2.05, 4.69) is 38.0 Å². The van der Waals surface area contributed by atoms with Crippen molar-refractivity contribution < 1.29 is 0 Å². The van der Waals surface area contributed by atoms with Gasteiger partial charge in [-0.25, -0.2) is 4.98 Å². The van der Waals surface area contributed by atoms with E-state index >= 15 is 0 Å². The second kappa shape index (κ2) is 6.16. The third-order valence-electron chi connectivity index (χ3n) is 2.53. The van der Waals surface area contributed by atoms with Crippen molar-refractivity contribution in [2.45, 2.75) is 12.4 Å². The number of alkyl halides is 1. The van der Waals surface area contributed by atoms with Crippen LogP contribution in [0.3, 0.4) is 0 Å². The Bertz CT molecular complexity index is 516. The number of anilines is 1. The van der Waals surface area contributed by atoms with Gasteiger partial charge in [0.1, 0.15) is 5.82 Å². The summed E-state index contributed by atoms with van der Waals surface area (Å²) in [6.07, 6.45) is 3.45. The van der Waals surface area contributed by atoms with Crippen molar-refractivity contribution in [1.82, 2.24) is 9.97 Å². The molecule has 0 amide bonds. The number of benzene rings is 1. The van der Waals surface area contributed by atoms with Gasteiger partial charge in [0.25, 0.3) is 0 Å². The van der Waals surface area contributed by atoms with Crippen LogP contribution in [0.25, 0.3) is 0 Å². The van der Waals surface area contributed by atoms with Gasteiger partial charge in [0, 0.05) is 18.1 Å². The van der Waals surface area contributed by atoms with E-state index in [0.717, 1.165) is 22.5 Å². The SMILES string of the molecule is CN(Cc1cccc(Br)c1)c1cnc(CCl)cn1. The highest BCUT2D eigenvalue weighted by molar-refractivity contribution is 9.10. The van der Waals surface area contributed by atoms with Gasteiger partial charge in [-0.1, -0.05) is 28.1 Å². The summed E-state index contributed by atoms with van der Waals surface area (Å²) < 4.78 is 1.08. The number of hydrogen-bond acceptors (Lipinski definition) is 3. The van der Waals surface area contributed by atoms with Crippen LogP contribution in [-0.4, -0.2) is 17.0 Å². The number of rotatable bonds is 4. The van der Waals surface area contributed by atoms with Gasteiger partial charge in [-0.2, -0.15) is 0 Å². The fourth-order valence-electron chi connectivity index (χ4n) is 1.60. The number of nitrogens with zero attached hydrogens (tertiary/aromatic N) is 3. The molecule has 0 saturated heterocycles. The molecule has 0 unspecified atom stereocenters. The zero-order valence-corrected chi connectivity index (χ0v) is 12.3. The van der Waals surface area contributed by atoms with Gasteiger partial charge in [-0.05, 0) is 17.7 Å². The molecule has 0 atom stereocenters. The Balaban J connectivity index is 2.09. The molecule has 0 saturated carbocycles. The first-order valence-corrected chi connectivity index (χ1v) is 6.84. The predicted octanol–water partition coefficient (Wildman–Crippen LogP) is 3.61. The molecule has 18 heavy (non-hydrogen) atoms. The van der Waals surface area contributed by atoms with Crippen molar-refractivity contribution in [2.75, 3.05) is 11.9 Å². The van der Waals surface area contributed by atoms with Crippen LogP contribution < -0.4 is 4.90 Å². The van der Waals surface area contributed by atoms with Crippen LogP contribution in [0.1, 0.15) is 11.3 Å². The average Bonchev–Trinajstić information content (AvgIpc) is 2.39. The van der Waals surface area contributed by atoms with Crippen molar-refractivity contribution in [1.29, 1.82) is 0 Å². The second-order valence-corrected chi connectivity index (χ2v) is 5.17. The molecule has 3 nitrogen and oxygen atoms in total. The molecule has 5 heteroatoms. The Labute approximate surface area is 120 Å². The molecule has 2 rings (SSSR count). The third kappa shape index (κ3) is 3.43. The highest BCUT2D eigenvalue weighted by Crippen LogP contribution is 2.15. The number of aromatic nitrogens is 2. The van der Waals surface area contributed by atoms with Crippen LogP contribution in [-0.2, 0) is 12.4 Å². The summed E-state index contributed by atoms with van der Waals surface area (Å²) in [4.78, 5) is 10.6. The third-order valence-corrected chi connectivity index (χ3v) is 3.30. The van der Waals surface area contributed by atoms with Crippen molar-refractivity contribution in [2.24, 2.45) is 0 Å². The summed E-state index contributed by atoms with van der Waals surface area (Å²) in [5.74, 6) is 1.23. The Hall–Kier alpha value is -1.13. The van der Waals surface area contributed by atoms with Gasteiger partial charge >= 0.3 is 0 Å². The monoisotopic (exact) mass is 325 g/mol. The van der Waals surface area contributed by atoms with Gasteiger partial charge in [-0.3, -0.25) is 4.98 Å². The van der Waals surface area contributed by atoms with Crippen LogP contribution in [0.5, 0.6) is 0 Å². The fraction of sp³-hybridized carbons (Fsp3) is 0.231. The van der Waals surface area contributed by atoms with Crippen LogP contribution in [0.2, 0.25) is 0 Å². The first-order valence-electron chi connectivity index (χ1n) is 5.51. The van der Waals surface area contributed by atoms with Crippen LogP contribution >= 0.6 is 27.5 Å². The molecule has 0 aliphatic heterocycles. The van der Waals surface area contributed by atoms with E-state index in [1.165, 1.54) is 5.56 Å². The summed E-state index contributed by atoms with van der Waals surface area (Å²) in [5.41, 5.74) is 2.01. The maximum atomic E-state index is 5.68. The zero-order chi connectivity index (χ0) is 13.0. The summed E-state index contributed by atoms with van der Waals surface area (Å²) >= 11 is 9.15. The van der Waals surface area contributed by atoms with Crippen LogP contribution in [0, 0.1) is 0 Å². The Morgan fingerprint density at radius 3 is 2.72 bits per heavy atom. The normalized spacial score (nSPS) is 10.4. The second-order valence-electron chi connectivity index (χ2n) is 3.99. The molecule has 1 aromatic carbocycles. The van der Waals surface area contributed by atoms with E-state index in [-0.39, 0.29) is 0 Å². The Kier molecular flexibility index (Phi) is 4.55. The maximum absolute atomic E-state index is 5.68. The summed E-state index contributed by atoms with van der Waals surface area (Å²) in [6, 6.07) is 8.22. The molecule has 0 N–H and O–H groups in total. The van der Waals surface area contributed by atoms with Crippen LogP contribution in [0.4, 0.5) is 5.82 Å². The molecule has 2 aromatic rings. The summed E-state index contributed by atoms with van der Waals surface area (Å²) in [7, 11) is 1.99. The van der Waals surface area contributed by atoms with Crippen molar-refractivity contribution in [3.05, 3.63) is 52.4 Å². The van der Waals surface area contributed by atoms with E-state index in [4.69, 9.17) is 11.6 Å². The van der Waals surface area contributed by atoms with E-state index < -0.39 is 0 Å². The molecule has 94 valence electrons. The lowest BCUT2D eigenvalue weighted by molar-refractivity contribution is 0.884. The molecule has 1 aromatic heterocycles. The standard InChI is InChI=1S/C13H13BrClN3/c1-18(9-10-3-2-4-11(14)5-10)13-8-16-12(6-15)7-17-13/h2-5,7-8H,6,9H2,1H3.